The summed E-state index contributed by atoms with van der Waals surface area (Å²) in [5.74, 6) is 0. The molecule has 0 amide bonds. The van der Waals surface area contributed by atoms with E-state index in [4.69, 9.17) is 22.7 Å². The first-order valence-corrected chi connectivity index (χ1v) is 6.28. The van der Waals surface area contributed by atoms with Crippen LogP contribution in [0.2, 0.25) is 0 Å². The molecular weight excluding hydrogens is 232 g/mol. The Morgan fingerprint density at radius 1 is 1.53 bits per heavy atom. The molecule has 0 saturated carbocycles. The highest BCUT2D eigenvalue weighted by molar-refractivity contribution is 7.80. The molecule has 2 rings (SSSR count). The van der Waals surface area contributed by atoms with Crippen LogP contribution in [-0.2, 0) is 4.74 Å². The van der Waals surface area contributed by atoms with Gasteiger partial charge in [0.2, 0.25) is 0 Å². The van der Waals surface area contributed by atoms with Gasteiger partial charge in [-0.15, -0.1) is 0 Å². The van der Waals surface area contributed by atoms with Crippen LogP contribution >= 0.6 is 12.2 Å². The monoisotopic (exact) mass is 250 g/mol. The van der Waals surface area contributed by atoms with Crippen molar-refractivity contribution in [1.82, 2.24) is 0 Å². The molecule has 1 aliphatic heterocycles. The van der Waals surface area contributed by atoms with Crippen LogP contribution in [0.1, 0.15) is 24.5 Å². The Balaban J connectivity index is 2.27. The van der Waals surface area contributed by atoms with E-state index in [9.17, 15) is 0 Å². The van der Waals surface area contributed by atoms with Crippen molar-refractivity contribution < 1.29 is 4.74 Å². The van der Waals surface area contributed by atoms with Gasteiger partial charge >= 0.3 is 0 Å². The lowest BCUT2D eigenvalue weighted by Crippen LogP contribution is -2.28. The van der Waals surface area contributed by atoms with Crippen LogP contribution in [0.25, 0.3) is 0 Å². The summed E-state index contributed by atoms with van der Waals surface area (Å²) in [6.07, 6.45) is 1.25. The topological polar surface area (TPSA) is 47.3 Å². The van der Waals surface area contributed by atoms with Gasteiger partial charge in [-0.25, -0.2) is 0 Å². The summed E-state index contributed by atoms with van der Waals surface area (Å²) in [4.78, 5) is 0.433. The number of ether oxygens (including phenoxy) is 1. The molecule has 1 fully saturated rings. The van der Waals surface area contributed by atoms with Gasteiger partial charge in [0, 0.05) is 17.9 Å². The van der Waals surface area contributed by atoms with Crippen molar-refractivity contribution in [1.29, 1.82) is 0 Å². The van der Waals surface area contributed by atoms with E-state index in [1.165, 1.54) is 0 Å². The Bertz CT molecular complexity index is 433. The van der Waals surface area contributed by atoms with E-state index in [1.54, 1.807) is 0 Å². The number of nitrogens with one attached hydrogen (secondary N) is 1. The minimum atomic E-state index is 0.230. The van der Waals surface area contributed by atoms with E-state index in [0.29, 0.717) is 11.0 Å². The van der Waals surface area contributed by atoms with Crippen molar-refractivity contribution in [2.45, 2.75) is 32.4 Å². The van der Waals surface area contributed by atoms with Gasteiger partial charge in [0.15, 0.2) is 0 Å². The van der Waals surface area contributed by atoms with Gasteiger partial charge in [-0.2, -0.15) is 0 Å². The van der Waals surface area contributed by atoms with Crippen LogP contribution in [0, 0.1) is 6.92 Å². The second-order valence-corrected chi connectivity index (χ2v) is 4.92. The Kier molecular flexibility index (Phi) is 3.64. The fraction of sp³-hybridized carbons (Fsp3) is 0.462. The highest BCUT2D eigenvalue weighted by atomic mass is 32.1. The standard InChI is InChI=1S/C13H18N2OS/c1-8-4-3-5-10(13(14)17)12(8)15-11-6-7-16-9(11)2/h3-5,9,11,15H,6-7H2,1-2H3,(H2,14,17). The molecule has 1 aromatic carbocycles. The second-order valence-electron chi connectivity index (χ2n) is 4.48. The normalized spacial score (nSPS) is 23.6. The van der Waals surface area contributed by atoms with Gasteiger partial charge in [0.05, 0.1) is 12.1 Å². The number of aryl methyl sites for hydroxylation is 1. The molecule has 92 valence electrons. The van der Waals surface area contributed by atoms with Gasteiger partial charge in [0.25, 0.3) is 0 Å². The molecule has 0 aliphatic carbocycles. The highest BCUT2D eigenvalue weighted by Crippen LogP contribution is 2.25. The highest BCUT2D eigenvalue weighted by Gasteiger charge is 2.25. The predicted molar refractivity (Wildman–Crippen MR) is 74.5 cm³/mol. The average molecular weight is 250 g/mol. The van der Waals surface area contributed by atoms with Crippen molar-refractivity contribution in [3.8, 4) is 0 Å². The maximum Gasteiger partial charge on any atom is 0.106 e. The molecule has 1 saturated heterocycles. The number of hydrogen-bond acceptors (Lipinski definition) is 3. The van der Waals surface area contributed by atoms with E-state index in [2.05, 4.69) is 25.2 Å². The van der Waals surface area contributed by atoms with Gasteiger partial charge < -0.3 is 15.8 Å². The summed E-state index contributed by atoms with van der Waals surface area (Å²) in [5.41, 5.74) is 8.87. The SMILES string of the molecule is Cc1cccc(C(N)=S)c1NC1CCOC1C. The van der Waals surface area contributed by atoms with Crippen LogP contribution in [0.15, 0.2) is 18.2 Å². The summed E-state index contributed by atoms with van der Waals surface area (Å²) in [7, 11) is 0. The Morgan fingerprint density at radius 2 is 2.29 bits per heavy atom. The predicted octanol–water partition coefficient (Wildman–Crippen LogP) is 2.22. The lowest BCUT2D eigenvalue weighted by atomic mass is 10.1. The van der Waals surface area contributed by atoms with Crippen LogP contribution < -0.4 is 11.1 Å². The third-order valence-electron chi connectivity index (χ3n) is 3.24. The Hall–Kier alpha value is -1.13. The summed E-state index contributed by atoms with van der Waals surface area (Å²) >= 11 is 5.09. The molecule has 0 aromatic heterocycles. The zero-order chi connectivity index (χ0) is 12.4. The second kappa shape index (κ2) is 5.02. The molecule has 0 spiro atoms. The van der Waals surface area contributed by atoms with E-state index in [0.717, 1.165) is 29.8 Å². The first-order chi connectivity index (χ1) is 8.09. The van der Waals surface area contributed by atoms with Crippen LogP contribution in [0.3, 0.4) is 0 Å². The lowest BCUT2D eigenvalue weighted by Gasteiger charge is -2.21. The first kappa shape index (κ1) is 12.3. The molecule has 0 radical (unpaired) electrons. The number of anilines is 1. The molecule has 2 atom stereocenters. The Labute approximate surface area is 107 Å². The molecule has 3 N–H and O–H groups in total. The first-order valence-electron chi connectivity index (χ1n) is 5.87. The molecule has 1 aromatic rings. The molecular formula is C13H18N2OS. The Morgan fingerprint density at radius 3 is 2.88 bits per heavy atom. The fourth-order valence-electron chi connectivity index (χ4n) is 2.17. The number of thiocarbonyl (C=S) groups is 1. The maximum absolute atomic E-state index is 5.75. The smallest absolute Gasteiger partial charge is 0.106 e. The molecule has 2 unspecified atom stereocenters. The quantitative estimate of drug-likeness (QED) is 0.808. The fourth-order valence-corrected chi connectivity index (χ4v) is 2.34. The summed E-state index contributed by atoms with van der Waals surface area (Å²) in [5, 5.41) is 3.52. The third-order valence-corrected chi connectivity index (χ3v) is 3.46. The molecule has 1 aliphatic rings. The van der Waals surface area contributed by atoms with Gasteiger partial charge in [-0.1, -0.05) is 24.4 Å². The summed E-state index contributed by atoms with van der Waals surface area (Å²) < 4.78 is 5.55. The van der Waals surface area contributed by atoms with Crippen LogP contribution in [0.5, 0.6) is 0 Å². The zero-order valence-corrected chi connectivity index (χ0v) is 11.0. The molecule has 1 heterocycles. The van der Waals surface area contributed by atoms with E-state index < -0.39 is 0 Å². The van der Waals surface area contributed by atoms with Gasteiger partial charge in [-0.05, 0) is 31.9 Å². The van der Waals surface area contributed by atoms with Gasteiger partial charge in [-0.3, -0.25) is 0 Å². The zero-order valence-electron chi connectivity index (χ0n) is 10.2. The van der Waals surface area contributed by atoms with Crippen LogP contribution in [-0.4, -0.2) is 23.7 Å². The van der Waals surface area contributed by atoms with E-state index in [-0.39, 0.29) is 6.10 Å². The number of nitrogens with two attached hydrogens (primary N) is 1. The van der Waals surface area contributed by atoms with E-state index in [1.807, 2.05) is 12.1 Å². The van der Waals surface area contributed by atoms with Crippen molar-refractivity contribution >= 4 is 22.9 Å². The number of benzene rings is 1. The van der Waals surface area contributed by atoms with Crippen molar-refractivity contribution in [3.63, 3.8) is 0 Å². The molecule has 0 bridgehead atoms. The average Bonchev–Trinajstić information content (AvgIpc) is 2.67. The maximum atomic E-state index is 5.75. The summed E-state index contributed by atoms with van der Waals surface area (Å²) in [6.45, 7) is 4.96. The molecule has 4 heteroatoms. The van der Waals surface area contributed by atoms with Crippen molar-refractivity contribution in [2.75, 3.05) is 11.9 Å². The van der Waals surface area contributed by atoms with Crippen molar-refractivity contribution in [2.24, 2.45) is 5.73 Å². The lowest BCUT2D eigenvalue weighted by molar-refractivity contribution is 0.121. The minimum absolute atomic E-state index is 0.230. The number of rotatable bonds is 3. The van der Waals surface area contributed by atoms with Crippen LogP contribution in [0.4, 0.5) is 5.69 Å². The van der Waals surface area contributed by atoms with Gasteiger partial charge in [0.1, 0.15) is 4.99 Å². The number of para-hydroxylation sites is 1. The third kappa shape index (κ3) is 2.58. The van der Waals surface area contributed by atoms with Crippen molar-refractivity contribution in [3.05, 3.63) is 29.3 Å². The van der Waals surface area contributed by atoms with E-state index >= 15 is 0 Å². The number of hydrogen-bond donors (Lipinski definition) is 2. The minimum Gasteiger partial charge on any atom is -0.389 e. The largest absolute Gasteiger partial charge is 0.389 e. The summed E-state index contributed by atoms with van der Waals surface area (Å²) in [6, 6.07) is 6.33. The molecule has 3 nitrogen and oxygen atoms in total. The molecule has 17 heavy (non-hydrogen) atoms.